The van der Waals surface area contributed by atoms with Gasteiger partial charge in [-0.2, -0.15) is 0 Å². The second kappa shape index (κ2) is 10.7. The smallest absolute Gasteiger partial charge is 0.342 e. The molecule has 164 valence electrons. The third-order valence-corrected chi connectivity index (χ3v) is 4.32. The summed E-state index contributed by atoms with van der Waals surface area (Å²) in [6.07, 6.45) is 2.97. The van der Waals surface area contributed by atoms with E-state index >= 15 is 0 Å². The summed E-state index contributed by atoms with van der Waals surface area (Å²) in [5.74, 6) is -1.79. The van der Waals surface area contributed by atoms with Crippen LogP contribution in [0, 0.1) is 5.82 Å². The van der Waals surface area contributed by atoms with Crippen molar-refractivity contribution in [2.75, 3.05) is 18.1 Å². The fourth-order valence-corrected chi connectivity index (χ4v) is 2.78. The van der Waals surface area contributed by atoms with Gasteiger partial charge in [-0.3, -0.25) is 14.6 Å². The van der Waals surface area contributed by atoms with Gasteiger partial charge in [-0.25, -0.2) is 9.18 Å². The van der Waals surface area contributed by atoms with Crippen LogP contribution in [-0.4, -0.2) is 35.9 Å². The number of aromatic nitrogens is 1. The van der Waals surface area contributed by atoms with Gasteiger partial charge >= 0.3 is 5.97 Å². The lowest BCUT2D eigenvalue weighted by Crippen LogP contribution is -2.37. The fourth-order valence-electron chi connectivity index (χ4n) is 2.78. The molecule has 1 aromatic heterocycles. The molecule has 2 amide bonds. The van der Waals surface area contributed by atoms with E-state index in [1.54, 1.807) is 36.5 Å². The van der Waals surface area contributed by atoms with Crippen LogP contribution < -0.4 is 15.4 Å². The molecule has 32 heavy (non-hydrogen) atoms. The monoisotopic (exact) mass is 437 g/mol. The Kier molecular flexibility index (Phi) is 7.47. The second-order valence-corrected chi connectivity index (χ2v) is 6.60. The van der Waals surface area contributed by atoms with E-state index < -0.39 is 30.2 Å². The first-order valence-electron chi connectivity index (χ1n) is 9.62. The lowest BCUT2D eigenvalue weighted by molar-refractivity contribution is -0.121. The Morgan fingerprint density at radius 1 is 1.00 bits per heavy atom. The number of primary amides is 1. The highest BCUT2D eigenvalue weighted by molar-refractivity contribution is 5.98. The molecule has 0 aliphatic heterocycles. The number of para-hydroxylation sites is 1. The fraction of sp³-hybridized carbons (Fsp3) is 0.130. The zero-order chi connectivity index (χ0) is 22.9. The summed E-state index contributed by atoms with van der Waals surface area (Å²) >= 11 is 0. The van der Waals surface area contributed by atoms with Crippen LogP contribution in [0.4, 0.5) is 10.1 Å². The van der Waals surface area contributed by atoms with Crippen molar-refractivity contribution in [1.29, 1.82) is 0 Å². The molecule has 2 aromatic carbocycles. The number of hydrogen-bond donors (Lipinski definition) is 1. The van der Waals surface area contributed by atoms with E-state index in [0.29, 0.717) is 11.4 Å². The number of pyridine rings is 1. The Hall–Kier alpha value is -4.27. The number of carbonyl (C=O) groups excluding carboxylic acids is 3. The molecule has 2 N–H and O–H groups in total. The molecule has 0 fully saturated rings. The maximum atomic E-state index is 13.2. The van der Waals surface area contributed by atoms with Crippen LogP contribution in [-0.2, 0) is 14.3 Å². The molecule has 0 aliphatic rings. The molecular formula is C23H20FN3O5. The van der Waals surface area contributed by atoms with Crippen molar-refractivity contribution >= 4 is 23.5 Å². The standard InChI is InChI=1S/C23H20FN3O5/c24-16-7-9-17(10-8-16)27(13-11-21(25)28)22(29)15-31-23(30)19-5-1-2-6-20(19)32-18-4-3-12-26-14-18/h1-10,12,14H,11,13,15H2,(H2,25,28). The number of rotatable bonds is 9. The van der Waals surface area contributed by atoms with Gasteiger partial charge in [-0.05, 0) is 48.5 Å². The predicted molar refractivity (Wildman–Crippen MR) is 114 cm³/mol. The van der Waals surface area contributed by atoms with Gasteiger partial charge in [0, 0.05) is 24.8 Å². The van der Waals surface area contributed by atoms with E-state index in [-0.39, 0.29) is 24.3 Å². The number of halogens is 1. The zero-order valence-corrected chi connectivity index (χ0v) is 16.9. The largest absolute Gasteiger partial charge is 0.455 e. The highest BCUT2D eigenvalue weighted by Gasteiger charge is 2.21. The number of carbonyl (C=O) groups is 3. The Bertz CT molecular complexity index is 1090. The second-order valence-electron chi connectivity index (χ2n) is 6.60. The molecular weight excluding hydrogens is 417 g/mol. The first-order valence-corrected chi connectivity index (χ1v) is 9.62. The molecule has 1 heterocycles. The van der Waals surface area contributed by atoms with Gasteiger partial charge in [0.2, 0.25) is 5.91 Å². The molecule has 9 heteroatoms. The lowest BCUT2D eigenvalue weighted by atomic mass is 10.2. The summed E-state index contributed by atoms with van der Waals surface area (Å²) in [5, 5.41) is 0. The first kappa shape index (κ1) is 22.4. The van der Waals surface area contributed by atoms with Gasteiger partial charge in [-0.15, -0.1) is 0 Å². The van der Waals surface area contributed by atoms with Crippen molar-refractivity contribution in [1.82, 2.24) is 4.98 Å². The number of ether oxygens (including phenoxy) is 2. The van der Waals surface area contributed by atoms with Crippen LogP contribution in [0.15, 0.2) is 73.1 Å². The predicted octanol–water partition coefficient (Wildman–Crippen LogP) is 3.08. The molecule has 3 rings (SSSR count). The van der Waals surface area contributed by atoms with Crippen LogP contribution in [0.5, 0.6) is 11.5 Å². The number of hydrogen-bond acceptors (Lipinski definition) is 6. The Morgan fingerprint density at radius 2 is 1.75 bits per heavy atom. The van der Waals surface area contributed by atoms with E-state index in [2.05, 4.69) is 4.98 Å². The molecule has 8 nitrogen and oxygen atoms in total. The third-order valence-electron chi connectivity index (χ3n) is 4.32. The number of esters is 1. The molecule has 0 saturated carbocycles. The van der Waals surface area contributed by atoms with Gasteiger partial charge < -0.3 is 20.1 Å². The van der Waals surface area contributed by atoms with Crippen molar-refractivity contribution in [3.63, 3.8) is 0 Å². The van der Waals surface area contributed by atoms with Crippen molar-refractivity contribution in [3.8, 4) is 11.5 Å². The summed E-state index contributed by atoms with van der Waals surface area (Å²) in [6.45, 7) is -0.645. The van der Waals surface area contributed by atoms with Crippen LogP contribution in [0.25, 0.3) is 0 Å². The molecule has 3 aromatic rings. The number of benzene rings is 2. The van der Waals surface area contributed by atoms with Gasteiger partial charge in [-0.1, -0.05) is 12.1 Å². The quantitative estimate of drug-likeness (QED) is 0.515. The van der Waals surface area contributed by atoms with Gasteiger partial charge in [0.05, 0.1) is 6.20 Å². The Morgan fingerprint density at radius 3 is 2.44 bits per heavy atom. The average Bonchev–Trinajstić information content (AvgIpc) is 2.79. The topological polar surface area (TPSA) is 112 Å². The summed E-state index contributed by atoms with van der Waals surface area (Å²) in [7, 11) is 0. The van der Waals surface area contributed by atoms with Crippen molar-refractivity contribution in [2.45, 2.75) is 6.42 Å². The molecule has 0 radical (unpaired) electrons. The lowest BCUT2D eigenvalue weighted by Gasteiger charge is -2.22. The molecule has 0 aliphatic carbocycles. The average molecular weight is 437 g/mol. The van der Waals surface area contributed by atoms with Crippen LogP contribution >= 0.6 is 0 Å². The van der Waals surface area contributed by atoms with E-state index in [1.807, 2.05) is 0 Å². The van der Waals surface area contributed by atoms with Gasteiger partial charge in [0.15, 0.2) is 6.61 Å². The minimum atomic E-state index is -0.771. The highest BCUT2D eigenvalue weighted by atomic mass is 19.1. The Balaban J connectivity index is 1.70. The minimum Gasteiger partial charge on any atom is -0.455 e. The summed E-state index contributed by atoms with van der Waals surface area (Å²) < 4.78 is 24.1. The molecule has 0 saturated heterocycles. The van der Waals surface area contributed by atoms with E-state index in [9.17, 15) is 18.8 Å². The van der Waals surface area contributed by atoms with Crippen LogP contribution in [0.1, 0.15) is 16.8 Å². The minimum absolute atomic E-state index is 0.0436. The van der Waals surface area contributed by atoms with Crippen LogP contribution in [0.3, 0.4) is 0 Å². The first-order chi connectivity index (χ1) is 15.4. The number of nitrogens with two attached hydrogens (primary N) is 1. The number of amides is 2. The van der Waals surface area contributed by atoms with Gasteiger partial charge in [0.1, 0.15) is 22.9 Å². The SMILES string of the molecule is NC(=O)CCN(C(=O)COC(=O)c1ccccc1Oc1cccnc1)c1ccc(F)cc1. The van der Waals surface area contributed by atoms with Crippen molar-refractivity contribution in [2.24, 2.45) is 5.73 Å². The maximum Gasteiger partial charge on any atom is 0.342 e. The maximum absolute atomic E-state index is 13.2. The van der Waals surface area contributed by atoms with E-state index in [0.717, 1.165) is 0 Å². The number of nitrogens with zero attached hydrogens (tertiary/aromatic N) is 2. The molecule has 0 atom stereocenters. The van der Waals surface area contributed by atoms with E-state index in [4.69, 9.17) is 15.2 Å². The summed E-state index contributed by atoms with van der Waals surface area (Å²) in [4.78, 5) is 41.7. The summed E-state index contributed by atoms with van der Waals surface area (Å²) in [5.41, 5.74) is 5.64. The van der Waals surface area contributed by atoms with E-state index in [1.165, 1.54) is 41.4 Å². The van der Waals surface area contributed by atoms with Gasteiger partial charge in [0.25, 0.3) is 5.91 Å². The summed E-state index contributed by atoms with van der Waals surface area (Å²) in [6, 6.07) is 14.9. The normalized spacial score (nSPS) is 10.3. The third kappa shape index (κ3) is 6.11. The highest BCUT2D eigenvalue weighted by Crippen LogP contribution is 2.25. The van der Waals surface area contributed by atoms with Crippen LogP contribution in [0.2, 0.25) is 0 Å². The number of anilines is 1. The van der Waals surface area contributed by atoms with Crippen molar-refractivity contribution in [3.05, 3.63) is 84.4 Å². The van der Waals surface area contributed by atoms with Crippen molar-refractivity contribution < 1.29 is 28.2 Å². The Labute approximate surface area is 183 Å². The molecule has 0 bridgehead atoms. The molecule has 0 spiro atoms. The zero-order valence-electron chi connectivity index (χ0n) is 16.9. The molecule has 0 unspecified atom stereocenters.